The Bertz CT molecular complexity index is 862. The predicted molar refractivity (Wildman–Crippen MR) is 137 cm³/mol. The normalized spacial score (nSPS) is 12.6. The van der Waals surface area contributed by atoms with Crippen LogP contribution in [0.4, 0.5) is 0 Å². The topological polar surface area (TPSA) is 138 Å². The van der Waals surface area contributed by atoms with Crippen molar-refractivity contribution in [3.8, 4) is 5.75 Å². The molecule has 1 aromatic carbocycles. The molecule has 0 aliphatic carbocycles. The number of quaternary nitrogens is 1. The Morgan fingerprint density at radius 1 is 1.08 bits per heavy atom. The van der Waals surface area contributed by atoms with Crippen LogP contribution in [0.2, 0.25) is 0 Å². The number of ether oxygens (including phenoxy) is 2. The first kappa shape index (κ1) is 33.8. The quantitative estimate of drug-likeness (QED) is 0.105. The second-order valence-corrected chi connectivity index (χ2v) is 8.58. The first-order valence-electron chi connectivity index (χ1n) is 12.2. The highest BCUT2D eigenvalue weighted by molar-refractivity contribution is 5.92. The molecule has 0 aromatic heterocycles. The summed E-state index contributed by atoms with van der Waals surface area (Å²) >= 11 is 0. The molecule has 0 radical (unpaired) electrons. The van der Waals surface area contributed by atoms with Crippen LogP contribution in [-0.2, 0) is 30.3 Å². The smallest absolute Gasteiger partial charge is 0.293 e. The molecule has 1 rings (SSSR count). The Balaban J connectivity index is 0.0000130. The molecule has 0 unspecified atom stereocenters. The number of halogens is 1. The van der Waals surface area contributed by atoms with Crippen LogP contribution in [0.5, 0.6) is 5.75 Å². The van der Waals surface area contributed by atoms with E-state index in [1.54, 1.807) is 24.3 Å². The standard InChI is InChI=1S/C27H39N3O6.ClH/c1-4-8-23(18-35-19-31)30-27(34)22(9-6-7-14-28)17-26(33)25(29-20(3)32)16-21-10-12-24(13-11-21)36-15-5-2;/h4-5,10-13,19,22-23,25H,1-2,6-9,14-18,28H2,3H3,(H,29,32)(H,30,34);1H/t22-,23-,25-;/m0./s1. The van der Waals surface area contributed by atoms with Crippen molar-refractivity contribution in [2.24, 2.45) is 5.92 Å². The highest BCUT2D eigenvalue weighted by Crippen LogP contribution is 2.18. The molecule has 10 heteroatoms. The van der Waals surface area contributed by atoms with E-state index in [1.807, 2.05) is 12.1 Å². The fourth-order valence-corrected chi connectivity index (χ4v) is 3.73. The lowest BCUT2D eigenvalue weighted by Crippen LogP contribution is -3.00. The molecule has 0 aliphatic rings. The summed E-state index contributed by atoms with van der Waals surface area (Å²) in [5.41, 5.74) is 4.69. The Morgan fingerprint density at radius 2 is 1.78 bits per heavy atom. The maximum absolute atomic E-state index is 13.3. The number of hydrogen-bond acceptors (Lipinski definition) is 6. The minimum absolute atomic E-state index is 0. The number of hydrogen-bond donors (Lipinski definition) is 3. The van der Waals surface area contributed by atoms with Crippen LogP contribution in [0.3, 0.4) is 0 Å². The SMILES string of the molecule is C=CCOc1ccc(C[C@H](NC(C)=O)C(=O)C[C@H](CCCC[NH3+])C(=O)N[C@@H](CC=C)COC=O)cc1.[Cl-]. The number of benzene rings is 1. The summed E-state index contributed by atoms with van der Waals surface area (Å²) in [7, 11) is 0. The van der Waals surface area contributed by atoms with Gasteiger partial charge in [0.25, 0.3) is 6.47 Å². The molecule has 37 heavy (non-hydrogen) atoms. The van der Waals surface area contributed by atoms with E-state index in [0.29, 0.717) is 38.1 Å². The maximum Gasteiger partial charge on any atom is 0.293 e. The summed E-state index contributed by atoms with van der Waals surface area (Å²) in [4.78, 5) is 48.8. The number of ketones is 1. The van der Waals surface area contributed by atoms with Gasteiger partial charge in [-0.1, -0.05) is 30.9 Å². The van der Waals surface area contributed by atoms with Gasteiger partial charge in [0, 0.05) is 19.3 Å². The van der Waals surface area contributed by atoms with E-state index in [4.69, 9.17) is 9.47 Å². The van der Waals surface area contributed by atoms with Crippen molar-refractivity contribution in [2.75, 3.05) is 19.8 Å². The average molecular weight is 538 g/mol. The van der Waals surface area contributed by atoms with Crippen LogP contribution in [0.25, 0.3) is 0 Å². The molecule has 0 spiro atoms. The Labute approximate surface area is 225 Å². The third-order valence-electron chi connectivity index (χ3n) is 5.53. The number of carbonyl (C=O) groups is 4. The third-order valence-corrected chi connectivity index (χ3v) is 5.53. The van der Waals surface area contributed by atoms with Crippen molar-refractivity contribution in [2.45, 2.75) is 57.5 Å². The van der Waals surface area contributed by atoms with Gasteiger partial charge in [0.2, 0.25) is 11.8 Å². The maximum atomic E-state index is 13.3. The van der Waals surface area contributed by atoms with Crippen LogP contribution >= 0.6 is 0 Å². The predicted octanol–water partition coefficient (Wildman–Crippen LogP) is -1.48. The number of Topliss-reactive ketones (excluding diaryl/α,β-unsaturated/α-hetero) is 1. The minimum atomic E-state index is -0.770. The zero-order valence-electron chi connectivity index (χ0n) is 21.6. The molecule has 3 atom stereocenters. The number of nitrogens with one attached hydrogen (secondary N) is 2. The van der Waals surface area contributed by atoms with E-state index >= 15 is 0 Å². The molecule has 0 heterocycles. The lowest BCUT2D eigenvalue weighted by Gasteiger charge is -2.23. The van der Waals surface area contributed by atoms with Crippen LogP contribution in [0, 0.1) is 5.92 Å². The number of rotatable bonds is 20. The third kappa shape index (κ3) is 14.2. The summed E-state index contributed by atoms with van der Waals surface area (Å²) in [5, 5.41) is 5.60. The lowest BCUT2D eigenvalue weighted by atomic mass is 9.90. The average Bonchev–Trinajstić information content (AvgIpc) is 2.85. The van der Waals surface area contributed by atoms with Gasteiger partial charge in [-0.25, -0.2) is 0 Å². The Morgan fingerprint density at radius 3 is 2.35 bits per heavy atom. The molecule has 0 saturated carbocycles. The highest BCUT2D eigenvalue weighted by atomic mass is 35.5. The van der Waals surface area contributed by atoms with Gasteiger partial charge in [0.05, 0.1) is 18.6 Å². The summed E-state index contributed by atoms with van der Waals surface area (Å²) in [6.07, 6.45) is 6.04. The fraction of sp³-hybridized carbons (Fsp3) is 0.481. The van der Waals surface area contributed by atoms with Crippen molar-refractivity contribution in [1.29, 1.82) is 0 Å². The molecule has 206 valence electrons. The summed E-state index contributed by atoms with van der Waals surface area (Å²) in [6.45, 7) is 10.1. The van der Waals surface area contributed by atoms with E-state index in [2.05, 4.69) is 29.5 Å². The molecule has 0 fully saturated rings. The van der Waals surface area contributed by atoms with Crippen LogP contribution in [0.1, 0.15) is 44.6 Å². The largest absolute Gasteiger partial charge is 1.00 e. The van der Waals surface area contributed by atoms with Gasteiger partial charge in [0.15, 0.2) is 5.78 Å². The van der Waals surface area contributed by atoms with E-state index in [9.17, 15) is 19.2 Å². The van der Waals surface area contributed by atoms with E-state index < -0.39 is 18.0 Å². The number of unbranched alkanes of at least 4 members (excludes halogenated alkanes) is 1. The molecular formula is C27H40ClN3O6. The fourth-order valence-electron chi connectivity index (χ4n) is 3.73. The zero-order chi connectivity index (χ0) is 26.8. The molecule has 1 aromatic rings. The van der Waals surface area contributed by atoms with Crippen molar-refractivity contribution < 1.29 is 46.8 Å². The molecule has 0 saturated heterocycles. The summed E-state index contributed by atoms with van der Waals surface area (Å²) < 4.78 is 10.3. The number of carbonyl (C=O) groups excluding carboxylic acids is 4. The highest BCUT2D eigenvalue weighted by Gasteiger charge is 2.28. The van der Waals surface area contributed by atoms with Gasteiger partial charge in [-0.05, 0) is 49.8 Å². The van der Waals surface area contributed by atoms with E-state index in [-0.39, 0.29) is 43.0 Å². The van der Waals surface area contributed by atoms with Crippen molar-refractivity contribution in [3.63, 3.8) is 0 Å². The monoisotopic (exact) mass is 537 g/mol. The first-order valence-corrected chi connectivity index (χ1v) is 12.2. The molecule has 5 N–H and O–H groups in total. The molecule has 2 amide bonds. The van der Waals surface area contributed by atoms with Crippen molar-refractivity contribution in [3.05, 3.63) is 55.1 Å². The Kier molecular flexibility index (Phi) is 18.2. The van der Waals surface area contributed by atoms with Gasteiger partial charge in [-0.2, -0.15) is 0 Å². The summed E-state index contributed by atoms with van der Waals surface area (Å²) in [6, 6.07) is 6.07. The minimum Gasteiger partial charge on any atom is -1.00 e. The second kappa shape index (κ2) is 20.0. The summed E-state index contributed by atoms with van der Waals surface area (Å²) in [5.74, 6) is -0.751. The van der Waals surface area contributed by atoms with Gasteiger partial charge in [-0.15, -0.1) is 6.58 Å². The molecule has 9 nitrogen and oxygen atoms in total. The van der Waals surface area contributed by atoms with Gasteiger partial charge >= 0.3 is 0 Å². The van der Waals surface area contributed by atoms with Crippen LogP contribution in [0.15, 0.2) is 49.6 Å². The van der Waals surface area contributed by atoms with E-state index in [0.717, 1.165) is 24.9 Å². The second-order valence-electron chi connectivity index (χ2n) is 8.58. The van der Waals surface area contributed by atoms with Gasteiger partial charge in [0.1, 0.15) is 19.0 Å². The number of amides is 2. The van der Waals surface area contributed by atoms with Crippen LogP contribution < -0.4 is 33.5 Å². The van der Waals surface area contributed by atoms with Crippen molar-refractivity contribution >= 4 is 24.1 Å². The Hall–Kier alpha value is -3.17. The van der Waals surface area contributed by atoms with E-state index in [1.165, 1.54) is 6.92 Å². The molecule has 0 bridgehead atoms. The van der Waals surface area contributed by atoms with Crippen molar-refractivity contribution in [1.82, 2.24) is 10.6 Å². The lowest BCUT2D eigenvalue weighted by molar-refractivity contribution is -0.368. The van der Waals surface area contributed by atoms with Gasteiger partial charge < -0.3 is 38.2 Å². The van der Waals surface area contributed by atoms with Crippen LogP contribution in [-0.4, -0.2) is 55.9 Å². The zero-order valence-corrected chi connectivity index (χ0v) is 22.3. The molecular weight excluding hydrogens is 498 g/mol. The molecule has 0 aliphatic heterocycles. The van der Waals surface area contributed by atoms with Gasteiger partial charge in [-0.3, -0.25) is 19.2 Å². The first-order chi connectivity index (χ1) is 17.3.